The number of anilines is 1. The Morgan fingerprint density at radius 3 is 2.90 bits per heavy atom. The van der Waals surface area contributed by atoms with Crippen molar-refractivity contribution in [3.05, 3.63) is 28.3 Å². The first-order chi connectivity index (χ1) is 9.52. The van der Waals surface area contributed by atoms with E-state index in [1.807, 2.05) is 11.8 Å². The zero-order valence-electron chi connectivity index (χ0n) is 11.8. The van der Waals surface area contributed by atoms with Crippen molar-refractivity contribution >= 4 is 11.4 Å². The van der Waals surface area contributed by atoms with Crippen LogP contribution in [0, 0.1) is 16.0 Å². The van der Waals surface area contributed by atoms with Gasteiger partial charge in [0.2, 0.25) is 0 Å². The van der Waals surface area contributed by atoms with Crippen molar-refractivity contribution in [2.24, 2.45) is 5.92 Å². The molecule has 1 aromatic rings. The second-order valence-electron chi connectivity index (χ2n) is 5.12. The lowest BCUT2D eigenvalue weighted by molar-refractivity contribution is -0.385. The largest absolute Gasteiger partial charge is 0.487 e. The Kier molecular flexibility index (Phi) is 4.44. The smallest absolute Gasteiger partial charge is 0.311 e. The fourth-order valence-electron chi connectivity index (χ4n) is 2.40. The summed E-state index contributed by atoms with van der Waals surface area (Å²) < 4.78 is 5.35. The third-order valence-corrected chi connectivity index (χ3v) is 3.72. The van der Waals surface area contributed by atoms with E-state index in [9.17, 15) is 15.2 Å². The van der Waals surface area contributed by atoms with Gasteiger partial charge in [0.15, 0.2) is 5.75 Å². The van der Waals surface area contributed by atoms with Crippen LogP contribution in [0.1, 0.15) is 20.3 Å². The molecule has 2 atom stereocenters. The SMILES string of the molecule is CCOc1cc(N2CCC(C)C(O)C2)ccc1[N+](=O)[O-]. The van der Waals surface area contributed by atoms with Gasteiger partial charge in [-0.25, -0.2) is 0 Å². The molecule has 1 aliphatic rings. The number of rotatable bonds is 4. The number of nitro groups is 1. The molecule has 1 heterocycles. The average molecular weight is 280 g/mol. The van der Waals surface area contributed by atoms with Crippen molar-refractivity contribution in [1.82, 2.24) is 0 Å². The topological polar surface area (TPSA) is 75.8 Å². The Hall–Kier alpha value is -1.82. The highest BCUT2D eigenvalue weighted by Crippen LogP contribution is 2.33. The van der Waals surface area contributed by atoms with Crippen molar-refractivity contribution < 1.29 is 14.8 Å². The molecule has 1 fully saturated rings. The number of benzene rings is 1. The molecule has 0 spiro atoms. The summed E-state index contributed by atoms with van der Waals surface area (Å²) in [6.45, 7) is 5.59. The standard InChI is InChI=1S/C14H20N2O4/c1-3-20-14-8-11(4-5-12(14)16(18)19)15-7-6-10(2)13(17)9-15/h4-5,8,10,13,17H,3,6-7,9H2,1-2H3. The molecule has 6 nitrogen and oxygen atoms in total. The molecule has 20 heavy (non-hydrogen) atoms. The van der Waals surface area contributed by atoms with Gasteiger partial charge in [-0.3, -0.25) is 10.1 Å². The van der Waals surface area contributed by atoms with Gasteiger partial charge in [0, 0.05) is 30.9 Å². The summed E-state index contributed by atoms with van der Waals surface area (Å²) in [5.74, 6) is 0.568. The predicted octanol–water partition coefficient (Wildman–Crippen LogP) is 2.20. The number of hydrogen-bond acceptors (Lipinski definition) is 5. The van der Waals surface area contributed by atoms with Crippen LogP contribution in [-0.4, -0.2) is 35.8 Å². The average Bonchev–Trinajstić information content (AvgIpc) is 2.42. The van der Waals surface area contributed by atoms with Crippen LogP contribution in [-0.2, 0) is 0 Å². The van der Waals surface area contributed by atoms with Gasteiger partial charge in [0.05, 0.1) is 17.6 Å². The van der Waals surface area contributed by atoms with E-state index in [0.29, 0.717) is 13.2 Å². The van der Waals surface area contributed by atoms with Crippen molar-refractivity contribution in [2.45, 2.75) is 26.4 Å². The van der Waals surface area contributed by atoms with Gasteiger partial charge in [-0.15, -0.1) is 0 Å². The molecule has 0 saturated carbocycles. The molecule has 1 saturated heterocycles. The molecule has 110 valence electrons. The molecule has 6 heteroatoms. The first kappa shape index (κ1) is 14.6. The van der Waals surface area contributed by atoms with Gasteiger partial charge >= 0.3 is 5.69 Å². The summed E-state index contributed by atoms with van der Waals surface area (Å²) in [5.41, 5.74) is 0.825. The van der Waals surface area contributed by atoms with Gasteiger partial charge in [0.25, 0.3) is 0 Å². The van der Waals surface area contributed by atoms with Crippen LogP contribution < -0.4 is 9.64 Å². The summed E-state index contributed by atoms with van der Waals surface area (Å²) >= 11 is 0. The fourth-order valence-corrected chi connectivity index (χ4v) is 2.40. The highest BCUT2D eigenvalue weighted by molar-refractivity contribution is 5.59. The van der Waals surface area contributed by atoms with E-state index in [1.165, 1.54) is 6.07 Å². The molecule has 0 aliphatic carbocycles. The molecule has 0 amide bonds. The molecule has 2 unspecified atom stereocenters. The molecule has 0 aromatic heterocycles. The van der Waals surface area contributed by atoms with Gasteiger partial charge in [0.1, 0.15) is 0 Å². The van der Waals surface area contributed by atoms with Crippen LogP contribution in [0.3, 0.4) is 0 Å². The first-order valence-electron chi connectivity index (χ1n) is 6.87. The predicted molar refractivity (Wildman–Crippen MR) is 76.3 cm³/mol. The zero-order chi connectivity index (χ0) is 14.7. The van der Waals surface area contributed by atoms with Crippen LogP contribution in [0.5, 0.6) is 5.75 Å². The lowest BCUT2D eigenvalue weighted by Crippen LogP contribution is -2.42. The van der Waals surface area contributed by atoms with Crippen molar-refractivity contribution in [1.29, 1.82) is 0 Å². The zero-order valence-corrected chi connectivity index (χ0v) is 11.8. The van der Waals surface area contributed by atoms with Crippen LogP contribution in [0.2, 0.25) is 0 Å². The highest BCUT2D eigenvalue weighted by atomic mass is 16.6. The molecule has 1 N–H and O–H groups in total. The third-order valence-electron chi connectivity index (χ3n) is 3.72. The number of piperidine rings is 1. The number of aliphatic hydroxyl groups is 1. The second kappa shape index (κ2) is 6.09. The van der Waals surface area contributed by atoms with E-state index in [-0.39, 0.29) is 23.5 Å². The van der Waals surface area contributed by atoms with Crippen molar-refractivity contribution in [2.75, 3.05) is 24.6 Å². The molecule has 1 aliphatic heterocycles. The molecule has 0 radical (unpaired) electrons. The summed E-state index contributed by atoms with van der Waals surface area (Å²) in [7, 11) is 0. The minimum absolute atomic E-state index is 0.0264. The summed E-state index contributed by atoms with van der Waals surface area (Å²) in [6.07, 6.45) is 0.539. The Bertz CT molecular complexity index is 492. The lowest BCUT2D eigenvalue weighted by Gasteiger charge is -2.35. The minimum Gasteiger partial charge on any atom is -0.487 e. The van der Waals surface area contributed by atoms with Gasteiger partial charge in [-0.1, -0.05) is 6.92 Å². The number of aliphatic hydroxyl groups excluding tert-OH is 1. The number of β-amino-alcohol motifs (C(OH)–C–C–N with tert-alkyl or cyclic N) is 1. The fraction of sp³-hybridized carbons (Fsp3) is 0.571. The van der Waals surface area contributed by atoms with Gasteiger partial charge in [-0.2, -0.15) is 0 Å². The quantitative estimate of drug-likeness (QED) is 0.676. The normalized spacial score (nSPS) is 22.6. The van der Waals surface area contributed by atoms with Crippen LogP contribution in [0.25, 0.3) is 0 Å². The van der Waals surface area contributed by atoms with E-state index < -0.39 is 4.92 Å². The molecule has 0 bridgehead atoms. The Balaban J connectivity index is 2.24. The van der Waals surface area contributed by atoms with E-state index in [2.05, 4.69) is 0 Å². The Morgan fingerprint density at radius 2 is 2.30 bits per heavy atom. The van der Waals surface area contributed by atoms with Gasteiger partial charge in [-0.05, 0) is 25.3 Å². The van der Waals surface area contributed by atoms with Crippen molar-refractivity contribution in [3.8, 4) is 5.75 Å². The van der Waals surface area contributed by atoms with E-state index in [0.717, 1.165) is 18.7 Å². The molecular formula is C14H20N2O4. The monoisotopic (exact) mass is 280 g/mol. The minimum atomic E-state index is -0.443. The molecular weight excluding hydrogens is 260 g/mol. The van der Waals surface area contributed by atoms with E-state index in [1.54, 1.807) is 19.1 Å². The summed E-state index contributed by atoms with van der Waals surface area (Å²) in [6, 6.07) is 4.86. The van der Waals surface area contributed by atoms with E-state index in [4.69, 9.17) is 4.74 Å². The molecule has 1 aromatic carbocycles. The summed E-state index contributed by atoms with van der Waals surface area (Å²) in [5, 5.41) is 20.9. The Labute approximate surface area is 118 Å². The maximum Gasteiger partial charge on any atom is 0.311 e. The molecule has 2 rings (SSSR count). The van der Waals surface area contributed by atoms with Crippen LogP contribution >= 0.6 is 0 Å². The number of nitro benzene ring substituents is 1. The second-order valence-corrected chi connectivity index (χ2v) is 5.12. The number of ether oxygens (including phenoxy) is 1. The first-order valence-corrected chi connectivity index (χ1v) is 6.87. The lowest BCUT2D eigenvalue weighted by atomic mass is 9.95. The van der Waals surface area contributed by atoms with Gasteiger partial charge < -0.3 is 14.7 Å². The highest BCUT2D eigenvalue weighted by Gasteiger charge is 2.25. The maximum absolute atomic E-state index is 11.0. The number of nitrogens with zero attached hydrogens (tertiary/aromatic N) is 2. The maximum atomic E-state index is 11.0. The van der Waals surface area contributed by atoms with Crippen LogP contribution in [0.15, 0.2) is 18.2 Å². The van der Waals surface area contributed by atoms with Crippen LogP contribution in [0.4, 0.5) is 11.4 Å². The van der Waals surface area contributed by atoms with Crippen molar-refractivity contribution in [3.63, 3.8) is 0 Å². The summed E-state index contributed by atoms with van der Waals surface area (Å²) in [4.78, 5) is 12.5. The Morgan fingerprint density at radius 1 is 1.55 bits per heavy atom. The third kappa shape index (κ3) is 3.01. The van der Waals surface area contributed by atoms with E-state index >= 15 is 0 Å². The number of hydrogen-bond donors (Lipinski definition) is 1.